The van der Waals surface area contributed by atoms with E-state index in [1.165, 1.54) is 0 Å². The van der Waals surface area contributed by atoms with E-state index in [1.807, 2.05) is 36.6 Å². The van der Waals surface area contributed by atoms with Gasteiger partial charge in [0.15, 0.2) is 0 Å². The summed E-state index contributed by atoms with van der Waals surface area (Å²) in [5.41, 5.74) is 0.0541. The minimum absolute atomic E-state index is 0.568. The van der Waals surface area contributed by atoms with Crippen molar-refractivity contribution in [2.45, 2.75) is 5.72 Å². The third-order valence-electron chi connectivity index (χ3n) is 2.47. The van der Waals surface area contributed by atoms with Crippen LogP contribution in [0.5, 0.6) is 5.88 Å². The normalized spacial score (nSPS) is 22.9. The number of allylic oxidation sites excluding steroid dienone is 2. The van der Waals surface area contributed by atoms with Crippen molar-refractivity contribution in [3.63, 3.8) is 0 Å². The molecule has 0 saturated carbocycles. The molecule has 1 unspecified atom stereocenters. The number of hydrogen-bond donors (Lipinski definition) is 1. The highest BCUT2D eigenvalue weighted by Gasteiger charge is 2.30. The molecule has 4 nitrogen and oxygen atoms in total. The topological polar surface area (TPSA) is 43.4 Å². The summed E-state index contributed by atoms with van der Waals surface area (Å²) < 4.78 is 10.6. The Balaban J connectivity index is 2.40. The Hall–Kier alpha value is -1.81. The lowest BCUT2D eigenvalue weighted by molar-refractivity contribution is 0.00519. The summed E-state index contributed by atoms with van der Waals surface area (Å²) >= 11 is 0. The average molecular weight is 218 g/mol. The molecule has 0 fully saturated rings. The van der Waals surface area contributed by atoms with Gasteiger partial charge in [0.1, 0.15) is 5.69 Å². The minimum Gasteiger partial charge on any atom is -0.481 e. The summed E-state index contributed by atoms with van der Waals surface area (Å²) in [7, 11) is 3.23. The fourth-order valence-electron chi connectivity index (χ4n) is 1.59. The van der Waals surface area contributed by atoms with E-state index >= 15 is 0 Å². The Labute approximate surface area is 94.6 Å². The van der Waals surface area contributed by atoms with Crippen LogP contribution in [0.1, 0.15) is 5.69 Å². The smallest absolute Gasteiger partial charge is 0.213 e. The van der Waals surface area contributed by atoms with Crippen molar-refractivity contribution < 1.29 is 9.47 Å². The molecule has 0 aliphatic carbocycles. The van der Waals surface area contributed by atoms with E-state index in [9.17, 15) is 0 Å². The zero-order valence-corrected chi connectivity index (χ0v) is 9.31. The summed E-state index contributed by atoms with van der Waals surface area (Å²) in [4.78, 5) is 4.36. The maximum Gasteiger partial charge on any atom is 0.213 e. The highest BCUT2D eigenvalue weighted by atomic mass is 16.5. The maximum atomic E-state index is 5.50. The third-order valence-corrected chi connectivity index (χ3v) is 2.47. The minimum atomic E-state index is -0.705. The summed E-state index contributed by atoms with van der Waals surface area (Å²) in [6.07, 6.45) is 7.55. The lowest BCUT2D eigenvalue weighted by Gasteiger charge is -2.30. The van der Waals surface area contributed by atoms with Crippen LogP contribution in [0.25, 0.3) is 0 Å². The Morgan fingerprint density at radius 3 is 2.75 bits per heavy atom. The molecule has 1 N–H and O–H groups in total. The molecule has 0 spiro atoms. The number of pyridine rings is 1. The van der Waals surface area contributed by atoms with Crippen LogP contribution in [-0.4, -0.2) is 19.2 Å². The Bertz CT molecular complexity index is 429. The molecule has 1 aromatic rings. The van der Waals surface area contributed by atoms with Crippen LogP contribution in [0.15, 0.2) is 42.6 Å². The second-order valence-electron chi connectivity index (χ2n) is 3.37. The van der Waals surface area contributed by atoms with Crippen molar-refractivity contribution in [1.29, 1.82) is 0 Å². The molecule has 2 heterocycles. The lowest BCUT2D eigenvalue weighted by atomic mass is 10.1. The van der Waals surface area contributed by atoms with Crippen molar-refractivity contribution in [3.8, 4) is 5.88 Å². The molecule has 0 bridgehead atoms. The van der Waals surface area contributed by atoms with Crippen LogP contribution in [0.4, 0.5) is 0 Å². The van der Waals surface area contributed by atoms with Crippen LogP contribution in [0.3, 0.4) is 0 Å². The van der Waals surface area contributed by atoms with Gasteiger partial charge in [-0.25, -0.2) is 4.98 Å². The molecule has 0 amide bonds. The Morgan fingerprint density at radius 2 is 2.12 bits per heavy atom. The van der Waals surface area contributed by atoms with E-state index in [0.717, 1.165) is 5.69 Å². The lowest BCUT2D eigenvalue weighted by Crippen LogP contribution is -2.41. The monoisotopic (exact) mass is 218 g/mol. The van der Waals surface area contributed by atoms with E-state index in [1.54, 1.807) is 20.3 Å². The number of methoxy groups -OCH3 is 2. The summed E-state index contributed by atoms with van der Waals surface area (Å²) in [6, 6.07) is 5.58. The van der Waals surface area contributed by atoms with E-state index in [2.05, 4.69) is 10.3 Å². The van der Waals surface area contributed by atoms with Crippen LogP contribution in [0.2, 0.25) is 0 Å². The van der Waals surface area contributed by atoms with Gasteiger partial charge in [0.05, 0.1) is 7.11 Å². The standard InChI is InChI=1S/C12H14N2O2/c1-15-11-7-5-6-10(14-11)12(16-2)8-3-4-9-13-12/h3-9,13H,1-2H3. The molecule has 0 saturated heterocycles. The molecule has 0 radical (unpaired) electrons. The Morgan fingerprint density at radius 1 is 1.25 bits per heavy atom. The number of rotatable bonds is 3. The van der Waals surface area contributed by atoms with E-state index < -0.39 is 5.72 Å². The first-order valence-electron chi connectivity index (χ1n) is 4.99. The van der Waals surface area contributed by atoms with Crippen molar-refractivity contribution in [1.82, 2.24) is 10.3 Å². The molecule has 2 rings (SSSR count). The molecule has 1 aromatic heterocycles. The fraction of sp³-hybridized carbons (Fsp3) is 0.250. The zero-order valence-electron chi connectivity index (χ0n) is 9.31. The number of hydrogen-bond acceptors (Lipinski definition) is 4. The second-order valence-corrected chi connectivity index (χ2v) is 3.37. The Kier molecular flexibility index (Phi) is 2.92. The molecule has 84 valence electrons. The van der Waals surface area contributed by atoms with Crippen LogP contribution < -0.4 is 10.1 Å². The van der Waals surface area contributed by atoms with E-state index in [-0.39, 0.29) is 0 Å². The van der Waals surface area contributed by atoms with Gasteiger partial charge in [0.25, 0.3) is 0 Å². The quantitative estimate of drug-likeness (QED) is 0.836. The molecule has 16 heavy (non-hydrogen) atoms. The molecule has 1 aliphatic rings. The molecular weight excluding hydrogens is 204 g/mol. The highest BCUT2D eigenvalue weighted by molar-refractivity contribution is 5.28. The maximum absolute atomic E-state index is 5.50. The van der Waals surface area contributed by atoms with Crippen LogP contribution in [-0.2, 0) is 10.5 Å². The SMILES string of the molecule is COc1cccc(C2(OC)C=CC=CN2)n1. The van der Waals surface area contributed by atoms with Gasteiger partial charge in [-0.1, -0.05) is 12.1 Å². The van der Waals surface area contributed by atoms with Crippen molar-refractivity contribution in [2.75, 3.05) is 14.2 Å². The molecule has 1 atom stereocenters. The van der Waals surface area contributed by atoms with Gasteiger partial charge in [-0.05, 0) is 24.4 Å². The molecule has 1 aliphatic heterocycles. The number of ether oxygens (including phenoxy) is 2. The zero-order chi connectivity index (χ0) is 11.4. The van der Waals surface area contributed by atoms with Crippen molar-refractivity contribution >= 4 is 0 Å². The van der Waals surface area contributed by atoms with Gasteiger partial charge in [0, 0.05) is 13.2 Å². The molecular formula is C12H14N2O2. The predicted octanol–water partition coefficient (Wildman–Crippen LogP) is 1.56. The fourth-order valence-corrected chi connectivity index (χ4v) is 1.59. The summed E-state index contributed by atoms with van der Waals surface area (Å²) in [6.45, 7) is 0. The number of dihydropyridines is 1. The first kappa shape index (κ1) is 10.7. The van der Waals surface area contributed by atoms with Crippen molar-refractivity contribution in [3.05, 3.63) is 48.3 Å². The number of aromatic nitrogens is 1. The van der Waals surface area contributed by atoms with E-state index in [0.29, 0.717) is 5.88 Å². The number of nitrogens with zero attached hydrogens (tertiary/aromatic N) is 1. The first-order valence-corrected chi connectivity index (χ1v) is 4.99. The number of nitrogens with one attached hydrogen (secondary N) is 1. The summed E-state index contributed by atoms with van der Waals surface area (Å²) in [5, 5.41) is 3.14. The van der Waals surface area contributed by atoms with Gasteiger partial charge < -0.3 is 14.8 Å². The van der Waals surface area contributed by atoms with Crippen LogP contribution in [0, 0.1) is 0 Å². The van der Waals surface area contributed by atoms with Gasteiger partial charge >= 0.3 is 0 Å². The van der Waals surface area contributed by atoms with Gasteiger partial charge in [-0.15, -0.1) is 0 Å². The molecule has 0 aromatic carbocycles. The first-order chi connectivity index (χ1) is 7.80. The largest absolute Gasteiger partial charge is 0.481 e. The van der Waals surface area contributed by atoms with Crippen molar-refractivity contribution in [2.24, 2.45) is 0 Å². The summed E-state index contributed by atoms with van der Waals surface area (Å²) in [5.74, 6) is 0.568. The second kappa shape index (κ2) is 4.37. The van der Waals surface area contributed by atoms with Gasteiger partial charge in [-0.2, -0.15) is 0 Å². The highest BCUT2D eigenvalue weighted by Crippen LogP contribution is 2.25. The van der Waals surface area contributed by atoms with E-state index in [4.69, 9.17) is 9.47 Å². The van der Waals surface area contributed by atoms with Crippen LogP contribution >= 0.6 is 0 Å². The van der Waals surface area contributed by atoms with Gasteiger partial charge in [-0.3, -0.25) is 0 Å². The third kappa shape index (κ3) is 1.79. The average Bonchev–Trinajstić information content (AvgIpc) is 2.39. The van der Waals surface area contributed by atoms with Gasteiger partial charge in [0.2, 0.25) is 11.6 Å². The molecule has 4 heteroatoms. The predicted molar refractivity (Wildman–Crippen MR) is 60.9 cm³/mol.